The van der Waals surface area contributed by atoms with Crippen molar-refractivity contribution < 1.29 is 9.18 Å². The molecule has 0 aliphatic rings. The fourth-order valence-corrected chi connectivity index (χ4v) is 1.52. The lowest BCUT2D eigenvalue weighted by atomic mass is 10.2. The minimum atomic E-state index is -0.679. The van der Waals surface area contributed by atoms with Gasteiger partial charge in [-0.2, -0.15) is 4.39 Å². The van der Waals surface area contributed by atoms with E-state index in [-0.39, 0.29) is 5.56 Å². The monoisotopic (exact) mass is 223 g/mol. The Labute approximate surface area is 88.8 Å². The lowest BCUT2D eigenvalue weighted by Gasteiger charge is -2.00. The molecule has 0 radical (unpaired) electrons. The van der Waals surface area contributed by atoms with Gasteiger partial charge in [0.2, 0.25) is 5.95 Å². The van der Waals surface area contributed by atoms with E-state index in [1.165, 1.54) is 23.6 Å². The molecule has 0 aliphatic carbocycles. The van der Waals surface area contributed by atoms with Gasteiger partial charge in [0.1, 0.15) is 0 Å². The maximum atomic E-state index is 12.7. The van der Waals surface area contributed by atoms with Crippen molar-refractivity contribution in [3.8, 4) is 0 Å². The molecule has 15 heavy (non-hydrogen) atoms. The van der Waals surface area contributed by atoms with Crippen molar-refractivity contribution in [3.63, 3.8) is 0 Å². The highest BCUT2D eigenvalue weighted by atomic mass is 32.1. The van der Waals surface area contributed by atoms with Crippen LogP contribution >= 0.6 is 11.3 Å². The lowest BCUT2D eigenvalue weighted by molar-refractivity contribution is 0.102. The van der Waals surface area contributed by atoms with Gasteiger partial charge < -0.3 is 0 Å². The van der Waals surface area contributed by atoms with Crippen LogP contribution in [-0.4, -0.2) is 15.9 Å². The van der Waals surface area contributed by atoms with Crippen molar-refractivity contribution in [3.05, 3.63) is 41.4 Å². The lowest BCUT2D eigenvalue weighted by Crippen LogP contribution is -2.12. The van der Waals surface area contributed by atoms with Crippen LogP contribution in [0.4, 0.5) is 9.52 Å². The largest absolute Gasteiger partial charge is 0.298 e. The highest BCUT2D eigenvalue weighted by Gasteiger charge is 2.08. The molecule has 0 unspecified atom stereocenters. The number of hydrogen-bond donors (Lipinski definition) is 1. The molecule has 1 N–H and O–H groups in total. The molecule has 76 valence electrons. The van der Waals surface area contributed by atoms with Crippen molar-refractivity contribution in [1.29, 1.82) is 0 Å². The van der Waals surface area contributed by atoms with Crippen molar-refractivity contribution in [2.24, 2.45) is 0 Å². The van der Waals surface area contributed by atoms with Crippen molar-refractivity contribution in [2.45, 2.75) is 0 Å². The molecule has 0 aromatic carbocycles. The van der Waals surface area contributed by atoms with Gasteiger partial charge >= 0.3 is 0 Å². The average molecular weight is 223 g/mol. The first-order valence-corrected chi connectivity index (χ1v) is 4.96. The Morgan fingerprint density at radius 2 is 2.27 bits per heavy atom. The van der Waals surface area contributed by atoms with E-state index in [0.29, 0.717) is 5.13 Å². The zero-order chi connectivity index (χ0) is 10.7. The second-order valence-electron chi connectivity index (χ2n) is 2.66. The van der Waals surface area contributed by atoms with Crippen LogP contribution in [0.1, 0.15) is 10.4 Å². The van der Waals surface area contributed by atoms with E-state index >= 15 is 0 Å². The highest BCUT2D eigenvalue weighted by Crippen LogP contribution is 2.12. The van der Waals surface area contributed by atoms with Gasteiger partial charge in [0.05, 0.1) is 0 Å². The van der Waals surface area contributed by atoms with Gasteiger partial charge in [-0.25, -0.2) is 9.97 Å². The summed E-state index contributed by atoms with van der Waals surface area (Å²) in [6, 6.07) is 2.51. The first-order valence-electron chi connectivity index (χ1n) is 4.08. The highest BCUT2D eigenvalue weighted by molar-refractivity contribution is 7.13. The van der Waals surface area contributed by atoms with Crippen LogP contribution in [0.3, 0.4) is 0 Å². The third-order valence-electron chi connectivity index (χ3n) is 1.64. The Morgan fingerprint density at radius 3 is 2.93 bits per heavy atom. The molecular formula is C9H6FN3OS. The van der Waals surface area contributed by atoms with Gasteiger partial charge in [-0.1, -0.05) is 0 Å². The van der Waals surface area contributed by atoms with E-state index in [0.717, 1.165) is 6.07 Å². The van der Waals surface area contributed by atoms with E-state index in [1.807, 2.05) is 0 Å². The summed E-state index contributed by atoms with van der Waals surface area (Å²) < 4.78 is 12.7. The van der Waals surface area contributed by atoms with Gasteiger partial charge in [-0.3, -0.25) is 10.1 Å². The first kappa shape index (κ1) is 9.72. The predicted octanol–water partition coefficient (Wildman–Crippen LogP) is 1.93. The number of pyridine rings is 1. The molecule has 6 heteroatoms. The number of thiazole rings is 1. The fourth-order valence-electron chi connectivity index (χ4n) is 0.998. The molecule has 0 saturated carbocycles. The molecular weight excluding hydrogens is 217 g/mol. The summed E-state index contributed by atoms with van der Waals surface area (Å²) in [5.74, 6) is -1.08. The SMILES string of the molecule is O=C(Nc1nccs1)c1ccnc(F)c1. The third-order valence-corrected chi connectivity index (χ3v) is 2.33. The molecule has 0 spiro atoms. The van der Waals surface area contributed by atoms with Crippen LogP contribution in [0.5, 0.6) is 0 Å². The minimum Gasteiger partial charge on any atom is -0.298 e. The van der Waals surface area contributed by atoms with Gasteiger partial charge in [0.15, 0.2) is 5.13 Å². The second kappa shape index (κ2) is 4.14. The van der Waals surface area contributed by atoms with Crippen molar-refractivity contribution in [2.75, 3.05) is 5.32 Å². The molecule has 0 atom stereocenters. The van der Waals surface area contributed by atoms with Crippen LogP contribution in [0.15, 0.2) is 29.9 Å². The summed E-state index contributed by atoms with van der Waals surface area (Å²) in [5.41, 5.74) is 0.220. The maximum Gasteiger partial charge on any atom is 0.257 e. The summed E-state index contributed by atoms with van der Waals surface area (Å²) in [6.07, 6.45) is 2.82. The summed E-state index contributed by atoms with van der Waals surface area (Å²) in [4.78, 5) is 18.8. The van der Waals surface area contributed by atoms with Gasteiger partial charge in [-0.15, -0.1) is 11.3 Å². The van der Waals surface area contributed by atoms with E-state index in [1.54, 1.807) is 11.6 Å². The molecule has 2 heterocycles. The summed E-state index contributed by atoms with van der Waals surface area (Å²) in [5, 5.41) is 4.76. The van der Waals surface area contributed by atoms with E-state index in [9.17, 15) is 9.18 Å². The van der Waals surface area contributed by atoms with E-state index in [2.05, 4.69) is 15.3 Å². The second-order valence-corrected chi connectivity index (χ2v) is 3.55. The molecule has 0 aliphatic heterocycles. The van der Waals surface area contributed by atoms with Gasteiger partial charge in [-0.05, 0) is 6.07 Å². The Bertz CT molecular complexity index is 472. The molecule has 2 aromatic heterocycles. The molecule has 0 saturated heterocycles. The van der Waals surface area contributed by atoms with Crippen LogP contribution < -0.4 is 5.32 Å². The summed E-state index contributed by atoms with van der Waals surface area (Å²) >= 11 is 1.30. The van der Waals surface area contributed by atoms with Crippen LogP contribution in [0, 0.1) is 5.95 Å². The molecule has 0 bridgehead atoms. The third kappa shape index (κ3) is 2.35. The zero-order valence-electron chi connectivity index (χ0n) is 7.48. The number of carbonyl (C=O) groups is 1. The predicted molar refractivity (Wildman–Crippen MR) is 54.3 cm³/mol. The summed E-state index contributed by atoms with van der Waals surface area (Å²) in [6.45, 7) is 0. The van der Waals surface area contributed by atoms with Crippen LogP contribution in [0.2, 0.25) is 0 Å². The number of anilines is 1. The standard InChI is InChI=1S/C9H6FN3OS/c10-7-5-6(1-2-11-7)8(14)13-9-12-3-4-15-9/h1-5H,(H,12,13,14). The number of rotatable bonds is 2. The summed E-state index contributed by atoms with van der Waals surface area (Å²) in [7, 11) is 0. The number of hydrogen-bond acceptors (Lipinski definition) is 4. The Kier molecular flexibility index (Phi) is 2.68. The molecule has 1 amide bonds. The van der Waals surface area contributed by atoms with Crippen LogP contribution in [0.25, 0.3) is 0 Å². The van der Waals surface area contributed by atoms with Gasteiger partial charge in [0.25, 0.3) is 5.91 Å². The van der Waals surface area contributed by atoms with E-state index < -0.39 is 11.9 Å². The number of carbonyl (C=O) groups excluding carboxylic acids is 1. The molecule has 4 nitrogen and oxygen atoms in total. The average Bonchev–Trinajstić information content (AvgIpc) is 2.70. The quantitative estimate of drug-likeness (QED) is 0.791. The Morgan fingerprint density at radius 1 is 1.40 bits per heavy atom. The fraction of sp³-hybridized carbons (Fsp3) is 0. The number of amides is 1. The molecule has 2 aromatic rings. The molecule has 2 rings (SSSR count). The number of nitrogens with one attached hydrogen (secondary N) is 1. The van der Waals surface area contributed by atoms with Crippen molar-refractivity contribution >= 4 is 22.4 Å². The molecule has 0 fully saturated rings. The maximum absolute atomic E-state index is 12.7. The zero-order valence-corrected chi connectivity index (χ0v) is 8.29. The Balaban J connectivity index is 2.15. The number of aromatic nitrogens is 2. The Hall–Kier alpha value is -1.82. The smallest absolute Gasteiger partial charge is 0.257 e. The van der Waals surface area contributed by atoms with Gasteiger partial charge in [0, 0.05) is 29.4 Å². The van der Waals surface area contributed by atoms with E-state index in [4.69, 9.17) is 0 Å². The van der Waals surface area contributed by atoms with Crippen molar-refractivity contribution in [1.82, 2.24) is 9.97 Å². The topological polar surface area (TPSA) is 54.9 Å². The normalized spacial score (nSPS) is 9.93. The van der Waals surface area contributed by atoms with Crippen LogP contribution in [-0.2, 0) is 0 Å². The number of nitrogens with zero attached hydrogens (tertiary/aromatic N) is 2. The first-order chi connectivity index (χ1) is 7.25. The number of halogens is 1. The minimum absolute atomic E-state index is 0.220.